The molecule has 1 N–H and O–H groups in total. The lowest BCUT2D eigenvalue weighted by atomic mass is 9.94. The number of carbonyl (C=O) groups is 2. The smallest absolute Gasteiger partial charge is 0.248 e. The molecule has 7 nitrogen and oxygen atoms in total. The maximum Gasteiger partial charge on any atom is 0.248 e. The average molecular weight is 537 g/mol. The van der Waals surface area contributed by atoms with Crippen LogP contribution in [0.15, 0.2) is 60.0 Å². The minimum Gasteiger partial charge on any atom is -0.497 e. The monoisotopic (exact) mass is 536 g/mol. The molecule has 0 bridgehead atoms. The van der Waals surface area contributed by atoms with Crippen LogP contribution in [-0.4, -0.2) is 38.7 Å². The topological polar surface area (TPSA) is 77.1 Å². The molecule has 38 heavy (non-hydrogen) atoms. The highest BCUT2D eigenvalue weighted by molar-refractivity contribution is 7.10. The van der Waals surface area contributed by atoms with Crippen molar-refractivity contribution in [2.45, 2.75) is 57.5 Å². The van der Waals surface area contributed by atoms with E-state index < -0.39 is 6.04 Å². The van der Waals surface area contributed by atoms with Crippen LogP contribution in [0, 0.1) is 0 Å². The highest BCUT2D eigenvalue weighted by Gasteiger charge is 2.36. The van der Waals surface area contributed by atoms with Crippen LogP contribution in [0.2, 0.25) is 0 Å². The van der Waals surface area contributed by atoms with Gasteiger partial charge in [-0.1, -0.05) is 43.5 Å². The number of hydrogen-bond donors (Lipinski definition) is 1. The molecule has 2 amide bonds. The number of ether oxygens (including phenoxy) is 3. The summed E-state index contributed by atoms with van der Waals surface area (Å²) in [6, 6.07) is 15.7. The number of rotatable bonds is 11. The zero-order valence-electron chi connectivity index (χ0n) is 22.3. The lowest BCUT2D eigenvalue weighted by Crippen LogP contribution is -2.47. The van der Waals surface area contributed by atoms with E-state index in [0.717, 1.165) is 30.6 Å². The van der Waals surface area contributed by atoms with E-state index in [1.54, 1.807) is 37.3 Å². The highest BCUT2D eigenvalue weighted by atomic mass is 32.1. The summed E-state index contributed by atoms with van der Waals surface area (Å²) in [7, 11) is 3.13. The Morgan fingerprint density at radius 1 is 1.00 bits per heavy atom. The van der Waals surface area contributed by atoms with Crippen LogP contribution in [0.5, 0.6) is 17.2 Å². The van der Waals surface area contributed by atoms with Gasteiger partial charge in [-0.25, -0.2) is 0 Å². The van der Waals surface area contributed by atoms with Crippen LogP contribution in [0.3, 0.4) is 0 Å². The molecule has 4 rings (SSSR count). The second-order valence-electron chi connectivity index (χ2n) is 9.31. The zero-order valence-corrected chi connectivity index (χ0v) is 23.1. The fraction of sp³-hybridized carbons (Fsp3) is 0.400. The molecule has 1 heterocycles. The molecule has 1 saturated carbocycles. The van der Waals surface area contributed by atoms with E-state index in [2.05, 4.69) is 5.32 Å². The maximum absolute atomic E-state index is 14.2. The zero-order chi connectivity index (χ0) is 26.9. The number of methoxy groups -OCH3 is 2. The molecule has 0 saturated heterocycles. The van der Waals surface area contributed by atoms with Gasteiger partial charge in [0.1, 0.15) is 23.3 Å². The van der Waals surface area contributed by atoms with E-state index in [9.17, 15) is 9.59 Å². The van der Waals surface area contributed by atoms with Gasteiger partial charge >= 0.3 is 0 Å². The number of nitrogens with zero attached hydrogens (tertiary/aromatic N) is 1. The van der Waals surface area contributed by atoms with Gasteiger partial charge in [0, 0.05) is 34.7 Å². The van der Waals surface area contributed by atoms with Gasteiger partial charge in [-0.15, -0.1) is 11.3 Å². The first-order valence-electron chi connectivity index (χ1n) is 13.1. The molecule has 1 fully saturated rings. The normalized spacial score (nSPS) is 14.4. The summed E-state index contributed by atoms with van der Waals surface area (Å²) in [5, 5.41) is 5.20. The molecule has 2 aromatic carbocycles. The Morgan fingerprint density at radius 3 is 2.34 bits per heavy atom. The van der Waals surface area contributed by atoms with Crippen molar-refractivity contribution in [1.29, 1.82) is 0 Å². The number of nitrogens with one attached hydrogen (secondary N) is 1. The molecule has 0 aliphatic heterocycles. The highest BCUT2D eigenvalue weighted by Crippen LogP contribution is 2.38. The van der Waals surface area contributed by atoms with Gasteiger partial charge in [-0.3, -0.25) is 14.5 Å². The van der Waals surface area contributed by atoms with Crippen LogP contribution >= 0.6 is 11.3 Å². The predicted molar refractivity (Wildman–Crippen MR) is 150 cm³/mol. The van der Waals surface area contributed by atoms with Gasteiger partial charge < -0.3 is 19.5 Å². The van der Waals surface area contributed by atoms with Crippen molar-refractivity contribution in [3.8, 4) is 17.2 Å². The number of benzene rings is 2. The van der Waals surface area contributed by atoms with Gasteiger partial charge in [0.15, 0.2) is 0 Å². The van der Waals surface area contributed by atoms with E-state index in [1.165, 1.54) is 17.8 Å². The molecule has 1 aliphatic carbocycles. The maximum atomic E-state index is 14.2. The summed E-state index contributed by atoms with van der Waals surface area (Å²) in [4.78, 5) is 30.8. The molecule has 3 aromatic rings. The Balaban J connectivity index is 1.85. The molecule has 0 radical (unpaired) electrons. The number of thiophene rings is 1. The summed E-state index contributed by atoms with van der Waals surface area (Å²) < 4.78 is 17.0. The summed E-state index contributed by atoms with van der Waals surface area (Å²) in [6.07, 6.45) is 5.36. The Labute approximate surface area is 228 Å². The Hall–Kier alpha value is -3.52. The van der Waals surface area contributed by atoms with Gasteiger partial charge in [0.25, 0.3) is 0 Å². The molecule has 1 atom stereocenters. The quantitative estimate of drug-likeness (QED) is 0.329. The summed E-state index contributed by atoms with van der Waals surface area (Å²) in [5.41, 5.74) is 1.14. The van der Waals surface area contributed by atoms with Crippen molar-refractivity contribution in [2.75, 3.05) is 25.7 Å². The number of para-hydroxylation sites is 1. The molecular formula is C30H36N2O5S. The SMILES string of the molecule is CCOc1ccccc1[C@H](C(=O)NC1CCCCC1)N(C(=O)Cc1cccs1)c1cc(OC)cc(OC)c1. The number of carbonyl (C=O) groups excluding carboxylic acids is 2. The molecule has 202 valence electrons. The van der Waals surface area contributed by atoms with Crippen molar-refractivity contribution in [3.05, 3.63) is 70.4 Å². The van der Waals surface area contributed by atoms with E-state index in [1.807, 2.05) is 48.7 Å². The third-order valence-corrected chi connectivity index (χ3v) is 7.64. The Bertz CT molecular complexity index is 1180. The number of anilines is 1. The van der Waals surface area contributed by atoms with E-state index >= 15 is 0 Å². The van der Waals surface area contributed by atoms with Crippen LogP contribution in [0.1, 0.15) is 55.5 Å². The third-order valence-electron chi connectivity index (χ3n) is 6.76. The minimum absolute atomic E-state index is 0.0760. The first-order valence-corrected chi connectivity index (χ1v) is 14.0. The van der Waals surface area contributed by atoms with Gasteiger partial charge in [-0.2, -0.15) is 0 Å². The van der Waals surface area contributed by atoms with Gasteiger partial charge in [0.05, 0.1) is 32.9 Å². The van der Waals surface area contributed by atoms with E-state index in [0.29, 0.717) is 35.1 Å². The fourth-order valence-corrected chi connectivity index (χ4v) is 5.63. The predicted octanol–water partition coefficient (Wildman–Crippen LogP) is 5.93. The Morgan fingerprint density at radius 2 is 1.71 bits per heavy atom. The van der Waals surface area contributed by atoms with E-state index in [4.69, 9.17) is 14.2 Å². The summed E-state index contributed by atoms with van der Waals surface area (Å²) in [6.45, 7) is 2.34. The van der Waals surface area contributed by atoms with Crippen LogP contribution < -0.4 is 24.4 Å². The summed E-state index contributed by atoms with van der Waals surface area (Å²) in [5.74, 6) is 1.18. The molecule has 0 unspecified atom stereocenters. The van der Waals surface area contributed by atoms with Crippen LogP contribution in [-0.2, 0) is 16.0 Å². The van der Waals surface area contributed by atoms with E-state index in [-0.39, 0.29) is 24.3 Å². The van der Waals surface area contributed by atoms with Crippen molar-refractivity contribution in [2.24, 2.45) is 0 Å². The third kappa shape index (κ3) is 6.67. The first-order chi connectivity index (χ1) is 18.5. The second kappa shape index (κ2) is 13.3. The lowest BCUT2D eigenvalue weighted by Gasteiger charge is -2.34. The van der Waals surface area contributed by atoms with Crippen molar-refractivity contribution in [1.82, 2.24) is 5.32 Å². The van der Waals surface area contributed by atoms with Crippen molar-refractivity contribution < 1.29 is 23.8 Å². The van der Waals surface area contributed by atoms with Crippen molar-refractivity contribution in [3.63, 3.8) is 0 Å². The average Bonchev–Trinajstić information content (AvgIpc) is 3.45. The van der Waals surface area contributed by atoms with Gasteiger partial charge in [-0.05, 0) is 37.3 Å². The number of hydrogen-bond acceptors (Lipinski definition) is 6. The van der Waals surface area contributed by atoms with Gasteiger partial charge in [0.2, 0.25) is 11.8 Å². The number of amides is 2. The van der Waals surface area contributed by atoms with Crippen LogP contribution in [0.4, 0.5) is 5.69 Å². The van der Waals surface area contributed by atoms with Crippen LogP contribution in [0.25, 0.3) is 0 Å². The second-order valence-corrected chi connectivity index (χ2v) is 10.3. The molecule has 1 aliphatic rings. The minimum atomic E-state index is -0.955. The summed E-state index contributed by atoms with van der Waals surface area (Å²) >= 11 is 1.51. The standard InChI is InChI=1S/C30H36N2O5S/c1-4-37-27-15-9-8-14-26(27)29(30(34)31-21-11-6-5-7-12-21)32(28(33)20-25-13-10-16-38-25)22-17-23(35-2)19-24(18-22)36-3/h8-10,13-19,21,29H,4-7,11-12,20H2,1-3H3,(H,31,34)/t29-/m1/s1. The first kappa shape index (κ1) is 27.5. The lowest BCUT2D eigenvalue weighted by molar-refractivity contribution is -0.127. The fourth-order valence-electron chi connectivity index (χ4n) is 4.93. The van der Waals surface area contributed by atoms with Crippen molar-refractivity contribution >= 4 is 28.8 Å². The largest absolute Gasteiger partial charge is 0.497 e. The molecule has 1 aromatic heterocycles. The molecule has 0 spiro atoms. The molecular weight excluding hydrogens is 500 g/mol. The Kier molecular flexibility index (Phi) is 9.65. The molecule has 8 heteroatoms.